The zero-order valence-corrected chi connectivity index (χ0v) is 13.1. The van der Waals surface area contributed by atoms with E-state index in [1.807, 2.05) is 43.1 Å². The molecule has 1 amide bonds. The van der Waals surface area contributed by atoms with E-state index >= 15 is 0 Å². The standard InChI is InChI=1S/C17H22N2O3/c1-3-21-13-10-19(11-13)16(20)8-12-9-18-14-6-5-7-15(17(12)14)22-4-2/h5-7,9,13,18H,3-4,8,10-11H2,1-2H3. The Labute approximate surface area is 130 Å². The van der Waals surface area contributed by atoms with Gasteiger partial charge in [0.2, 0.25) is 5.91 Å². The Morgan fingerprint density at radius 1 is 1.32 bits per heavy atom. The van der Waals surface area contributed by atoms with Crippen LogP contribution in [0.2, 0.25) is 0 Å². The fourth-order valence-corrected chi connectivity index (χ4v) is 2.89. The van der Waals surface area contributed by atoms with Gasteiger partial charge in [-0.2, -0.15) is 0 Å². The summed E-state index contributed by atoms with van der Waals surface area (Å²) in [5, 5.41) is 1.01. The predicted octanol–water partition coefficient (Wildman–Crippen LogP) is 2.36. The van der Waals surface area contributed by atoms with Gasteiger partial charge in [-0.15, -0.1) is 0 Å². The monoisotopic (exact) mass is 302 g/mol. The number of fused-ring (bicyclic) bond motifs is 1. The van der Waals surface area contributed by atoms with Crippen molar-refractivity contribution < 1.29 is 14.3 Å². The summed E-state index contributed by atoms with van der Waals surface area (Å²) < 4.78 is 11.2. The molecule has 1 aliphatic rings. The van der Waals surface area contributed by atoms with Crippen LogP contribution in [0, 0.1) is 0 Å². The lowest BCUT2D eigenvalue weighted by Gasteiger charge is -2.38. The largest absolute Gasteiger partial charge is 0.493 e. The number of ether oxygens (including phenoxy) is 2. The second kappa shape index (κ2) is 6.40. The Balaban J connectivity index is 1.73. The Morgan fingerprint density at radius 3 is 2.86 bits per heavy atom. The van der Waals surface area contributed by atoms with E-state index in [2.05, 4.69) is 4.98 Å². The van der Waals surface area contributed by atoms with Crippen LogP contribution in [-0.2, 0) is 16.0 Å². The number of rotatable bonds is 6. The molecule has 0 atom stereocenters. The van der Waals surface area contributed by atoms with E-state index in [1.165, 1.54) is 0 Å². The van der Waals surface area contributed by atoms with Gasteiger partial charge in [0.15, 0.2) is 0 Å². The van der Waals surface area contributed by atoms with Crippen molar-refractivity contribution in [3.8, 4) is 5.75 Å². The minimum atomic E-state index is 0.142. The smallest absolute Gasteiger partial charge is 0.227 e. The highest BCUT2D eigenvalue weighted by molar-refractivity contribution is 5.93. The minimum Gasteiger partial charge on any atom is -0.493 e. The molecule has 1 saturated heterocycles. The van der Waals surface area contributed by atoms with Crippen LogP contribution in [0.5, 0.6) is 5.75 Å². The normalized spacial score (nSPS) is 15.1. The first kappa shape index (κ1) is 14.9. The number of likely N-dealkylation sites (tertiary alicyclic amines) is 1. The summed E-state index contributed by atoms with van der Waals surface area (Å²) in [5.41, 5.74) is 1.99. The summed E-state index contributed by atoms with van der Waals surface area (Å²) in [6.45, 7) is 6.66. The number of hydrogen-bond acceptors (Lipinski definition) is 3. The number of nitrogens with zero attached hydrogens (tertiary/aromatic N) is 1. The Kier molecular flexibility index (Phi) is 4.34. The molecule has 0 saturated carbocycles. The number of aromatic nitrogens is 1. The van der Waals surface area contributed by atoms with Gasteiger partial charge in [-0.05, 0) is 31.5 Å². The number of nitrogens with one attached hydrogen (secondary N) is 1. The highest BCUT2D eigenvalue weighted by atomic mass is 16.5. The van der Waals surface area contributed by atoms with E-state index in [0.29, 0.717) is 32.7 Å². The van der Waals surface area contributed by atoms with Crippen molar-refractivity contribution in [2.45, 2.75) is 26.4 Å². The van der Waals surface area contributed by atoms with Crippen LogP contribution < -0.4 is 4.74 Å². The number of amides is 1. The first-order valence-electron chi connectivity index (χ1n) is 7.84. The van der Waals surface area contributed by atoms with E-state index in [0.717, 1.165) is 22.2 Å². The Bertz CT molecular complexity index is 659. The number of hydrogen-bond donors (Lipinski definition) is 1. The summed E-state index contributed by atoms with van der Waals surface area (Å²) in [6.07, 6.45) is 2.50. The highest BCUT2D eigenvalue weighted by Crippen LogP contribution is 2.29. The fraction of sp³-hybridized carbons (Fsp3) is 0.471. The highest BCUT2D eigenvalue weighted by Gasteiger charge is 2.31. The number of carbonyl (C=O) groups excluding carboxylic acids is 1. The van der Waals surface area contributed by atoms with Crippen molar-refractivity contribution in [2.24, 2.45) is 0 Å². The van der Waals surface area contributed by atoms with E-state index in [-0.39, 0.29) is 12.0 Å². The van der Waals surface area contributed by atoms with Crippen molar-refractivity contribution in [3.63, 3.8) is 0 Å². The maximum atomic E-state index is 12.4. The third kappa shape index (κ3) is 2.81. The van der Waals surface area contributed by atoms with E-state index < -0.39 is 0 Å². The fourth-order valence-electron chi connectivity index (χ4n) is 2.89. The molecule has 0 spiro atoms. The molecule has 22 heavy (non-hydrogen) atoms. The van der Waals surface area contributed by atoms with E-state index in [4.69, 9.17) is 9.47 Å². The lowest BCUT2D eigenvalue weighted by molar-refractivity contribution is -0.143. The molecule has 5 nitrogen and oxygen atoms in total. The minimum absolute atomic E-state index is 0.142. The second-order valence-corrected chi connectivity index (χ2v) is 5.48. The molecule has 0 bridgehead atoms. The van der Waals surface area contributed by atoms with Gasteiger partial charge >= 0.3 is 0 Å². The molecule has 0 aliphatic carbocycles. The van der Waals surface area contributed by atoms with Crippen molar-refractivity contribution in [2.75, 3.05) is 26.3 Å². The van der Waals surface area contributed by atoms with Gasteiger partial charge in [0.25, 0.3) is 0 Å². The third-order valence-electron chi connectivity index (χ3n) is 3.99. The number of H-pyrrole nitrogens is 1. The van der Waals surface area contributed by atoms with Gasteiger partial charge in [0.05, 0.1) is 19.1 Å². The van der Waals surface area contributed by atoms with E-state index in [9.17, 15) is 4.79 Å². The quantitative estimate of drug-likeness (QED) is 0.891. The molecule has 1 aromatic carbocycles. The molecule has 3 rings (SSSR count). The van der Waals surface area contributed by atoms with Crippen LogP contribution in [0.4, 0.5) is 0 Å². The maximum absolute atomic E-state index is 12.4. The second-order valence-electron chi connectivity index (χ2n) is 5.48. The van der Waals surface area contributed by atoms with Crippen molar-refractivity contribution in [3.05, 3.63) is 30.0 Å². The molecule has 118 valence electrons. The molecule has 1 aliphatic heterocycles. The molecular weight excluding hydrogens is 280 g/mol. The van der Waals surface area contributed by atoms with Crippen molar-refractivity contribution in [1.29, 1.82) is 0 Å². The van der Waals surface area contributed by atoms with Crippen LogP contribution >= 0.6 is 0 Å². The summed E-state index contributed by atoms with van der Waals surface area (Å²) >= 11 is 0. The molecule has 0 radical (unpaired) electrons. The van der Waals surface area contributed by atoms with Gasteiger partial charge in [0, 0.05) is 36.8 Å². The molecule has 1 aromatic heterocycles. The summed E-state index contributed by atoms with van der Waals surface area (Å²) in [4.78, 5) is 17.4. The molecule has 2 heterocycles. The summed E-state index contributed by atoms with van der Waals surface area (Å²) in [7, 11) is 0. The van der Waals surface area contributed by atoms with Crippen molar-refractivity contribution >= 4 is 16.8 Å². The molecule has 2 aromatic rings. The lowest BCUT2D eigenvalue weighted by Crippen LogP contribution is -2.55. The molecule has 1 fully saturated rings. The van der Waals surface area contributed by atoms with Gasteiger partial charge < -0.3 is 19.4 Å². The van der Waals surface area contributed by atoms with Gasteiger partial charge in [-0.1, -0.05) is 6.07 Å². The van der Waals surface area contributed by atoms with Gasteiger partial charge in [-0.3, -0.25) is 4.79 Å². The zero-order chi connectivity index (χ0) is 15.5. The maximum Gasteiger partial charge on any atom is 0.227 e. The molecule has 0 unspecified atom stereocenters. The first-order chi connectivity index (χ1) is 10.7. The number of carbonyl (C=O) groups is 1. The van der Waals surface area contributed by atoms with Gasteiger partial charge in [0.1, 0.15) is 5.75 Å². The molecule has 5 heteroatoms. The molecule has 1 N–H and O–H groups in total. The van der Waals surface area contributed by atoms with Crippen LogP contribution in [-0.4, -0.2) is 48.2 Å². The Morgan fingerprint density at radius 2 is 2.14 bits per heavy atom. The summed E-state index contributed by atoms with van der Waals surface area (Å²) in [5.74, 6) is 0.975. The summed E-state index contributed by atoms with van der Waals surface area (Å²) in [6, 6.07) is 5.90. The lowest BCUT2D eigenvalue weighted by atomic mass is 10.1. The topological polar surface area (TPSA) is 54.6 Å². The Hall–Kier alpha value is -2.01. The number of aromatic amines is 1. The van der Waals surface area contributed by atoms with Crippen LogP contribution in [0.25, 0.3) is 10.9 Å². The predicted molar refractivity (Wildman–Crippen MR) is 85.2 cm³/mol. The van der Waals surface area contributed by atoms with Crippen molar-refractivity contribution in [1.82, 2.24) is 9.88 Å². The van der Waals surface area contributed by atoms with Crippen LogP contribution in [0.3, 0.4) is 0 Å². The third-order valence-corrected chi connectivity index (χ3v) is 3.99. The average Bonchev–Trinajstić information content (AvgIpc) is 2.87. The average molecular weight is 302 g/mol. The zero-order valence-electron chi connectivity index (χ0n) is 13.1. The van der Waals surface area contributed by atoms with Gasteiger partial charge in [-0.25, -0.2) is 0 Å². The molecular formula is C17H22N2O3. The SMILES string of the molecule is CCOc1cccc2[nH]cc(CC(=O)N3CC(OCC)C3)c12. The first-order valence-corrected chi connectivity index (χ1v) is 7.84. The van der Waals surface area contributed by atoms with Crippen LogP contribution in [0.15, 0.2) is 24.4 Å². The van der Waals surface area contributed by atoms with E-state index in [1.54, 1.807) is 0 Å². The number of benzene rings is 1. The van der Waals surface area contributed by atoms with Crippen LogP contribution in [0.1, 0.15) is 19.4 Å².